The number of carbonyl (C=O) groups excluding carboxylic acids is 2. The van der Waals surface area contributed by atoms with Gasteiger partial charge in [0.15, 0.2) is 0 Å². The second kappa shape index (κ2) is 6.16. The van der Waals surface area contributed by atoms with E-state index in [9.17, 15) is 18.4 Å². The van der Waals surface area contributed by atoms with Gasteiger partial charge >= 0.3 is 0 Å². The van der Waals surface area contributed by atoms with Crippen LogP contribution in [0, 0.1) is 11.6 Å². The molecule has 23 heavy (non-hydrogen) atoms. The van der Waals surface area contributed by atoms with Gasteiger partial charge in [-0.05, 0) is 42.3 Å². The van der Waals surface area contributed by atoms with Crippen molar-refractivity contribution in [2.45, 2.75) is 18.9 Å². The third-order valence-electron chi connectivity index (χ3n) is 3.71. The summed E-state index contributed by atoms with van der Waals surface area (Å²) in [5.41, 5.74) is 1.43. The second-order valence-corrected chi connectivity index (χ2v) is 5.34. The lowest BCUT2D eigenvalue weighted by atomic mass is 10.0. The number of halogens is 2. The Morgan fingerprint density at radius 3 is 2.43 bits per heavy atom. The fourth-order valence-corrected chi connectivity index (χ4v) is 2.52. The van der Waals surface area contributed by atoms with Crippen LogP contribution >= 0.6 is 0 Å². The molecule has 0 saturated carbocycles. The van der Waals surface area contributed by atoms with E-state index < -0.39 is 17.7 Å². The summed E-state index contributed by atoms with van der Waals surface area (Å²) in [6.45, 7) is 0. The standard InChI is InChI=1S/C17H14F2N2O2/c18-11-3-1-10(2-4-11)13-9-12(19)5-6-14(13)21-17(23)15-7-8-16(22)20-15/h1-6,9,15H,7-8H2,(H,20,22)(H,21,23)/t15-/m0/s1. The summed E-state index contributed by atoms with van der Waals surface area (Å²) in [7, 11) is 0. The van der Waals surface area contributed by atoms with Crippen molar-refractivity contribution in [1.29, 1.82) is 0 Å². The molecular formula is C17H14F2N2O2. The third kappa shape index (κ3) is 3.36. The zero-order valence-electron chi connectivity index (χ0n) is 12.1. The van der Waals surface area contributed by atoms with Crippen LogP contribution in [0.3, 0.4) is 0 Å². The van der Waals surface area contributed by atoms with E-state index in [1.165, 1.54) is 42.5 Å². The van der Waals surface area contributed by atoms with Crippen molar-refractivity contribution in [3.8, 4) is 11.1 Å². The summed E-state index contributed by atoms with van der Waals surface area (Å²) >= 11 is 0. The van der Waals surface area contributed by atoms with Crippen LogP contribution in [0.25, 0.3) is 11.1 Å². The van der Waals surface area contributed by atoms with Crippen LogP contribution in [-0.4, -0.2) is 17.9 Å². The lowest BCUT2D eigenvalue weighted by molar-refractivity contribution is -0.122. The molecule has 0 spiro atoms. The van der Waals surface area contributed by atoms with Crippen molar-refractivity contribution >= 4 is 17.5 Å². The lowest BCUT2D eigenvalue weighted by Gasteiger charge is -2.14. The van der Waals surface area contributed by atoms with Crippen molar-refractivity contribution in [3.05, 3.63) is 54.1 Å². The summed E-state index contributed by atoms with van der Waals surface area (Å²) in [4.78, 5) is 23.4. The molecule has 2 amide bonds. The Bertz CT molecular complexity index is 760. The van der Waals surface area contributed by atoms with Gasteiger partial charge in [-0.1, -0.05) is 12.1 Å². The molecule has 1 fully saturated rings. The SMILES string of the molecule is O=C1CC[C@@H](C(=O)Nc2ccc(F)cc2-c2ccc(F)cc2)N1. The zero-order valence-corrected chi connectivity index (χ0v) is 12.1. The van der Waals surface area contributed by atoms with Gasteiger partial charge < -0.3 is 10.6 Å². The minimum Gasteiger partial charge on any atom is -0.344 e. The molecule has 4 nitrogen and oxygen atoms in total. The minimum absolute atomic E-state index is 0.164. The van der Waals surface area contributed by atoms with Gasteiger partial charge in [-0.15, -0.1) is 0 Å². The Labute approximate surface area is 131 Å². The normalized spacial score (nSPS) is 17.0. The second-order valence-electron chi connectivity index (χ2n) is 5.34. The number of rotatable bonds is 3. The summed E-state index contributed by atoms with van der Waals surface area (Å²) in [6.07, 6.45) is 0.740. The van der Waals surface area contributed by atoms with E-state index in [0.29, 0.717) is 29.7 Å². The quantitative estimate of drug-likeness (QED) is 0.915. The van der Waals surface area contributed by atoms with Crippen molar-refractivity contribution in [1.82, 2.24) is 5.32 Å². The number of hydrogen-bond acceptors (Lipinski definition) is 2. The highest BCUT2D eigenvalue weighted by molar-refractivity contribution is 6.01. The zero-order chi connectivity index (χ0) is 16.4. The van der Waals surface area contributed by atoms with Crippen LogP contribution in [0.4, 0.5) is 14.5 Å². The van der Waals surface area contributed by atoms with Gasteiger partial charge in [0.25, 0.3) is 0 Å². The van der Waals surface area contributed by atoms with Gasteiger partial charge in [-0.2, -0.15) is 0 Å². The highest BCUT2D eigenvalue weighted by atomic mass is 19.1. The largest absolute Gasteiger partial charge is 0.344 e. The van der Waals surface area contributed by atoms with Crippen LogP contribution < -0.4 is 10.6 Å². The smallest absolute Gasteiger partial charge is 0.246 e. The molecule has 6 heteroatoms. The Hall–Kier alpha value is -2.76. The van der Waals surface area contributed by atoms with Gasteiger partial charge in [0.1, 0.15) is 17.7 Å². The topological polar surface area (TPSA) is 58.2 Å². The van der Waals surface area contributed by atoms with E-state index in [2.05, 4.69) is 10.6 Å². The maximum Gasteiger partial charge on any atom is 0.246 e. The number of hydrogen-bond donors (Lipinski definition) is 2. The molecule has 3 rings (SSSR count). The monoisotopic (exact) mass is 316 g/mol. The summed E-state index contributed by atoms with van der Waals surface area (Å²) in [6, 6.07) is 8.92. The number of carbonyl (C=O) groups is 2. The van der Waals surface area contributed by atoms with E-state index in [1.807, 2.05) is 0 Å². The molecule has 1 aliphatic heterocycles. The van der Waals surface area contributed by atoms with E-state index >= 15 is 0 Å². The Balaban J connectivity index is 1.88. The molecule has 0 aliphatic carbocycles. The van der Waals surface area contributed by atoms with E-state index in [4.69, 9.17) is 0 Å². The van der Waals surface area contributed by atoms with Gasteiger partial charge in [-0.25, -0.2) is 8.78 Å². The minimum atomic E-state index is -0.589. The molecule has 0 bridgehead atoms. The molecule has 2 aromatic carbocycles. The molecule has 2 N–H and O–H groups in total. The van der Waals surface area contributed by atoms with E-state index in [0.717, 1.165) is 0 Å². The Kier molecular flexibility index (Phi) is 4.06. The predicted molar refractivity (Wildman–Crippen MR) is 81.6 cm³/mol. The predicted octanol–water partition coefficient (Wildman–Crippen LogP) is 2.85. The Morgan fingerprint density at radius 2 is 1.78 bits per heavy atom. The van der Waals surface area contributed by atoms with Gasteiger partial charge in [0.05, 0.1) is 0 Å². The fourth-order valence-electron chi connectivity index (χ4n) is 2.52. The first kappa shape index (κ1) is 15.1. The first-order chi connectivity index (χ1) is 11.0. The van der Waals surface area contributed by atoms with Crippen LogP contribution in [0.15, 0.2) is 42.5 Å². The summed E-state index contributed by atoms with van der Waals surface area (Å²) in [5, 5.41) is 5.28. The van der Waals surface area contributed by atoms with Crippen molar-refractivity contribution in [2.24, 2.45) is 0 Å². The molecule has 0 unspecified atom stereocenters. The highest BCUT2D eigenvalue weighted by Crippen LogP contribution is 2.29. The average Bonchev–Trinajstić information content (AvgIpc) is 2.96. The van der Waals surface area contributed by atoms with Crippen molar-refractivity contribution in [3.63, 3.8) is 0 Å². The molecule has 1 aliphatic rings. The molecule has 1 atom stereocenters. The maximum absolute atomic E-state index is 13.6. The van der Waals surface area contributed by atoms with Gasteiger partial charge in [0.2, 0.25) is 11.8 Å². The first-order valence-electron chi connectivity index (χ1n) is 7.18. The summed E-state index contributed by atoms with van der Waals surface area (Å²) < 4.78 is 26.6. The fraction of sp³-hybridized carbons (Fsp3) is 0.176. The molecule has 0 aromatic heterocycles. The van der Waals surface area contributed by atoms with Crippen LogP contribution in [-0.2, 0) is 9.59 Å². The van der Waals surface area contributed by atoms with Crippen LogP contribution in [0.5, 0.6) is 0 Å². The lowest BCUT2D eigenvalue weighted by Crippen LogP contribution is -2.37. The number of benzene rings is 2. The first-order valence-corrected chi connectivity index (χ1v) is 7.18. The number of nitrogens with one attached hydrogen (secondary N) is 2. The highest BCUT2D eigenvalue weighted by Gasteiger charge is 2.27. The van der Waals surface area contributed by atoms with Crippen LogP contribution in [0.2, 0.25) is 0 Å². The number of amides is 2. The molecule has 1 heterocycles. The molecule has 118 valence electrons. The van der Waals surface area contributed by atoms with Crippen molar-refractivity contribution in [2.75, 3.05) is 5.32 Å². The average molecular weight is 316 g/mol. The van der Waals surface area contributed by atoms with Crippen molar-refractivity contribution < 1.29 is 18.4 Å². The van der Waals surface area contributed by atoms with Gasteiger partial charge in [-0.3, -0.25) is 9.59 Å². The molecular weight excluding hydrogens is 302 g/mol. The summed E-state index contributed by atoms with van der Waals surface area (Å²) in [5.74, 6) is -1.38. The molecule has 0 radical (unpaired) electrons. The molecule has 1 saturated heterocycles. The van der Waals surface area contributed by atoms with Crippen LogP contribution in [0.1, 0.15) is 12.8 Å². The Morgan fingerprint density at radius 1 is 1.09 bits per heavy atom. The number of anilines is 1. The third-order valence-corrected chi connectivity index (χ3v) is 3.71. The van der Waals surface area contributed by atoms with E-state index in [1.54, 1.807) is 0 Å². The molecule has 2 aromatic rings. The maximum atomic E-state index is 13.6. The van der Waals surface area contributed by atoms with E-state index in [-0.39, 0.29) is 11.8 Å². The van der Waals surface area contributed by atoms with Gasteiger partial charge in [0, 0.05) is 17.7 Å².